The maximum Gasteiger partial charge on any atom is 0.308 e. The lowest BCUT2D eigenvalue weighted by Gasteiger charge is -2.06. The zero-order chi connectivity index (χ0) is 13.8. The number of nitrogens with one attached hydrogen (secondary N) is 2. The van der Waals surface area contributed by atoms with Gasteiger partial charge in [-0.15, -0.1) is 0 Å². The van der Waals surface area contributed by atoms with Crippen LogP contribution in [0.2, 0.25) is 0 Å². The molecule has 0 aliphatic heterocycles. The van der Waals surface area contributed by atoms with Gasteiger partial charge in [0.05, 0.1) is 11.3 Å². The lowest BCUT2D eigenvalue weighted by atomic mass is 10.2. The summed E-state index contributed by atoms with van der Waals surface area (Å²) in [6, 6.07) is 7.41. The number of hydrogen-bond donors (Lipinski definition) is 3. The highest BCUT2D eigenvalue weighted by Gasteiger charge is 2.14. The Bertz CT molecular complexity index is 621. The zero-order valence-electron chi connectivity index (χ0n) is 10.0. The first-order valence-electron chi connectivity index (χ1n) is 5.40. The van der Waals surface area contributed by atoms with Crippen molar-refractivity contribution in [3.63, 3.8) is 0 Å². The maximum atomic E-state index is 11.7. The SMILES string of the molecule is Cc1cc(C(=O)NNC(=O)c2ccccc2O)on1. The van der Waals surface area contributed by atoms with Gasteiger partial charge in [-0.1, -0.05) is 17.3 Å². The van der Waals surface area contributed by atoms with Crippen LogP contribution in [0.1, 0.15) is 26.6 Å². The Balaban J connectivity index is 1.98. The standard InChI is InChI=1S/C12H11N3O4/c1-7-6-10(19-15-7)12(18)14-13-11(17)8-4-2-3-5-9(8)16/h2-6,16H,1H3,(H,13,17)(H,14,18). The van der Waals surface area contributed by atoms with Gasteiger partial charge in [0.25, 0.3) is 5.91 Å². The van der Waals surface area contributed by atoms with Crippen LogP contribution >= 0.6 is 0 Å². The van der Waals surface area contributed by atoms with Gasteiger partial charge >= 0.3 is 5.91 Å². The lowest BCUT2D eigenvalue weighted by molar-refractivity contribution is 0.0824. The number of hydrogen-bond acceptors (Lipinski definition) is 5. The first-order chi connectivity index (χ1) is 9.08. The molecule has 1 heterocycles. The lowest BCUT2D eigenvalue weighted by Crippen LogP contribution is -2.41. The number of aromatic hydroxyl groups is 1. The van der Waals surface area contributed by atoms with Crippen molar-refractivity contribution in [1.82, 2.24) is 16.0 Å². The van der Waals surface area contributed by atoms with Crippen LogP contribution in [-0.4, -0.2) is 22.1 Å². The number of hydrazine groups is 1. The van der Waals surface area contributed by atoms with E-state index in [1.807, 2.05) is 0 Å². The summed E-state index contributed by atoms with van der Waals surface area (Å²) in [7, 11) is 0. The van der Waals surface area contributed by atoms with Gasteiger partial charge < -0.3 is 9.63 Å². The van der Waals surface area contributed by atoms with E-state index < -0.39 is 11.8 Å². The molecule has 2 aromatic rings. The van der Waals surface area contributed by atoms with E-state index >= 15 is 0 Å². The van der Waals surface area contributed by atoms with Crippen LogP contribution in [0.15, 0.2) is 34.9 Å². The monoisotopic (exact) mass is 261 g/mol. The highest BCUT2D eigenvalue weighted by molar-refractivity contribution is 5.99. The molecule has 0 fully saturated rings. The zero-order valence-corrected chi connectivity index (χ0v) is 10.0. The van der Waals surface area contributed by atoms with Crippen molar-refractivity contribution in [2.75, 3.05) is 0 Å². The third-order valence-corrected chi connectivity index (χ3v) is 2.29. The van der Waals surface area contributed by atoms with Gasteiger partial charge in [-0.3, -0.25) is 20.4 Å². The molecule has 0 unspecified atom stereocenters. The van der Waals surface area contributed by atoms with Crippen LogP contribution in [0.5, 0.6) is 5.75 Å². The van der Waals surface area contributed by atoms with E-state index in [2.05, 4.69) is 16.0 Å². The molecule has 2 rings (SSSR count). The maximum absolute atomic E-state index is 11.7. The summed E-state index contributed by atoms with van der Waals surface area (Å²) in [6.45, 7) is 1.67. The van der Waals surface area contributed by atoms with Crippen LogP contribution in [0.4, 0.5) is 0 Å². The van der Waals surface area contributed by atoms with Crippen molar-refractivity contribution >= 4 is 11.8 Å². The van der Waals surface area contributed by atoms with Crippen molar-refractivity contribution in [2.45, 2.75) is 6.92 Å². The smallest absolute Gasteiger partial charge is 0.308 e. The molecule has 0 bridgehead atoms. The van der Waals surface area contributed by atoms with Gasteiger partial charge in [-0.25, -0.2) is 0 Å². The van der Waals surface area contributed by atoms with E-state index in [1.165, 1.54) is 18.2 Å². The normalized spacial score (nSPS) is 9.95. The molecule has 3 N–H and O–H groups in total. The predicted octanol–water partition coefficient (Wildman–Crippen LogP) is 0.763. The van der Waals surface area contributed by atoms with E-state index in [4.69, 9.17) is 4.52 Å². The molecule has 0 saturated heterocycles. The highest BCUT2D eigenvalue weighted by Crippen LogP contribution is 2.14. The van der Waals surface area contributed by atoms with Crippen molar-refractivity contribution in [3.8, 4) is 5.75 Å². The number of nitrogens with zero attached hydrogens (tertiary/aromatic N) is 1. The molecule has 0 spiro atoms. The molecule has 1 aromatic carbocycles. The van der Waals surface area contributed by atoms with Gasteiger partial charge in [0.15, 0.2) is 0 Å². The number of rotatable bonds is 2. The van der Waals surface area contributed by atoms with E-state index in [1.54, 1.807) is 19.1 Å². The summed E-state index contributed by atoms with van der Waals surface area (Å²) in [5.74, 6) is -1.47. The number of aromatic nitrogens is 1. The predicted molar refractivity (Wildman–Crippen MR) is 64.3 cm³/mol. The minimum absolute atomic E-state index is 0.0184. The van der Waals surface area contributed by atoms with Crippen LogP contribution in [0.25, 0.3) is 0 Å². The molecule has 19 heavy (non-hydrogen) atoms. The van der Waals surface area contributed by atoms with Crippen LogP contribution < -0.4 is 10.9 Å². The van der Waals surface area contributed by atoms with E-state index in [0.29, 0.717) is 5.69 Å². The molecule has 98 valence electrons. The van der Waals surface area contributed by atoms with Gasteiger partial charge in [-0.05, 0) is 19.1 Å². The summed E-state index contributed by atoms with van der Waals surface area (Å²) < 4.78 is 4.73. The molecular weight excluding hydrogens is 250 g/mol. The van der Waals surface area contributed by atoms with Gasteiger partial charge in [-0.2, -0.15) is 0 Å². The fourth-order valence-corrected chi connectivity index (χ4v) is 1.38. The third kappa shape index (κ3) is 2.89. The van der Waals surface area contributed by atoms with Crippen LogP contribution in [-0.2, 0) is 0 Å². The molecule has 0 aliphatic rings. The van der Waals surface area contributed by atoms with Crippen molar-refractivity contribution in [1.29, 1.82) is 0 Å². The van der Waals surface area contributed by atoms with E-state index in [9.17, 15) is 14.7 Å². The number of carbonyl (C=O) groups excluding carboxylic acids is 2. The van der Waals surface area contributed by atoms with Crippen molar-refractivity contribution < 1.29 is 19.2 Å². The summed E-state index contributed by atoms with van der Waals surface area (Å²) >= 11 is 0. The van der Waals surface area contributed by atoms with Gasteiger partial charge in [0.2, 0.25) is 5.76 Å². The average Bonchev–Trinajstić information content (AvgIpc) is 2.83. The van der Waals surface area contributed by atoms with Crippen LogP contribution in [0, 0.1) is 6.92 Å². The molecule has 0 aliphatic carbocycles. The second kappa shape index (κ2) is 5.21. The molecule has 7 heteroatoms. The minimum atomic E-state index is -0.636. The number of phenolic OH excluding ortho intramolecular Hbond substituents is 1. The second-order valence-corrected chi connectivity index (χ2v) is 3.76. The largest absolute Gasteiger partial charge is 0.507 e. The Morgan fingerprint density at radius 1 is 1.21 bits per heavy atom. The van der Waals surface area contributed by atoms with Gasteiger partial charge in [0.1, 0.15) is 5.75 Å². The third-order valence-electron chi connectivity index (χ3n) is 2.29. The Labute approximate surface area is 108 Å². The summed E-state index contributed by atoms with van der Waals surface area (Å²) in [6.07, 6.45) is 0. The molecule has 2 amide bonds. The van der Waals surface area contributed by atoms with E-state index in [-0.39, 0.29) is 17.1 Å². The quantitative estimate of drug-likeness (QED) is 0.692. The Hall–Kier alpha value is -2.83. The van der Waals surface area contributed by atoms with Crippen LogP contribution in [0.3, 0.4) is 0 Å². The number of aryl methyl sites for hydroxylation is 1. The minimum Gasteiger partial charge on any atom is -0.507 e. The molecule has 0 radical (unpaired) electrons. The molecule has 7 nitrogen and oxygen atoms in total. The number of benzene rings is 1. The van der Waals surface area contributed by atoms with E-state index in [0.717, 1.165) is 0 Å². The summed E-state index contributed by atoms with van der Waals surface area (Å²) in [5.41, 5.74) is 4.92. The first kappa shape index (κ1) is 12.6. The molecule has 0 saturated carbocycles. The number of carbonyl (C=O) groups is 2. The van der Waals surface area contributed by atoms with Gasteiger partial charge in [0, 0.05) is 6.07 Å². The first-order valence-corrected chi connectivity index (χ1v) is 5.40. The number of phenols is 1. The Morgan fingerprint density at radius 2 is 1.89 bits per heavy atom. The number of para-hydroxylation sites is 1. The number of amides is 2. The highest BCUT2D eigenvalue weighted by atomic mass is 16.5. The molecule has 0 atom stereocenters. The summed E-state index contributed by atoms with van der Waals surface area (Å²) in [4.78, 5) is 23.2. The fourth-order valence-electron chi connectivity index (χ4n) is 1.38. The fraction of sp³-hybridized carbons (Fsp3) is 0.0833. The Kier molecular flexibility index (Phi) is 3.46. The second-order valence-electron chi connectivity index (χ2n) is 3.76. The topological polar surface area (TPSA) is 104 Å². The van der Waals surface area contributed by atoms with Crippen molar-refractivity contribution in [2.24, 2.45) is 0 Å². The Morgan fingerprint density at radius 3 is 2.53 bits per heavy atom. The summed E-state index contributed by atoms with van der Waals surface area (Å²) in [5, 5.41) is 13.0. The van der Waals surface area contributed by atoms with Crippen molar-refractivity contribution in [3.05, 3.63) is 47.3 Å². The molecule has 1 aromatic heterocycles. The molecular formula is C12H11N3O4. The average molecular weight is 261 g/mol.